The van der Waals surface area contributed by atoms with Gasteiger partial charge in [0.05, 0.1) is 5.02 Å². The maximum atomic E-state index is 13.3. The minimum absolute atomic E-state index is 0. The van der Waals surface area contributed by atoms with Gasteiger partial charge in [-0.25, -0.2) is 4.39 Å². The lowest BCUT2D eigenvalue weighted by Gasteiger charge is -2.06. The summed E-state index contributed by atoms with van der Waals surface area (Å²) >= 11 is 5.69. The molecule has 0 bridgehead atoms. The smallest absolute Gasteiger partial charge is 0.142 e. The van der Waals surface area contributed by atoms with Gasteiger partial charge in [0.1, 0.15) is 5.82 Å². The molecule has 1 aromatic heterocycles. The van der Waals surface area contributed by atoms with Crippen LogP contribution >= 0.6 is 24.0 Å². The van der Waals surface area contributed by atoms with Crippen molar-refractivity contribution in [2.24, 2.45) is 5.73 Å². The summed E-state index contributed by atoms with van der Waals surface area (Å²) in [7, 11) is 0. The van der Waals surface area contributed by atoms with Crippen molar-refractivity contribution in [1.29, 1.82) is 0 Å². The lowest BCUT2D eigenvalue weighted by molar-refractivity contribution is 0.630. The third kappa shape index (κ3) is 2.17. The SMILES string of the molecule is C[C@H](CN)c1c[nH]c2cc(Cl)c(F)cc12.Cl. The largest absolute Gasteiger partial charge is 0.361 e. The molecule has 0 radical (unpaired) electrons. The van der Waals surface area contributed by atoms with Crippen molar-refractivity contribution < 1.29 is 4.39 Å². The number of fused-ring (bicyclic) bond motifs is 1. The zero-order chi connectivity index (χ0) is 11.0. The predicted molar refractivity (Wildman–Crippen MR) is 68.0 cm³/mol. The summed E-state index contributed by atoms with van der Waals surface area (Å²) in [4.78, 5) is 3.06. The van der Waals surface area contributed by atoms with Gasteiger partial charge in [-0.3, -0.25) is 0 Å². The van der Waals surface area contributed by atoms with Gasteiger partial charge in [0.15, 0.2) is 0 Å². The first-order valence-corrected chi connectivity index (χ1v) is 5.17. The Hall–Kier alpha value is -0.770. The second-order valence-corrected chi connectivity index (χ2v) is 4.10. The molecule has 1 aromatic carbocycles. The highest BCUT2D eigenvalue weighted by Crippen LogP contribution is 2.28. The van der Waals surface area contributed by atoms with Crippen LogP contribution in [-0.2, 0) is 0 Å². The Bertz CT molecular complexity index is 496. The Morgan fingerprint density at radius 2 is 2.19 bits per heavy atom. The Morgan fingerprint density at radius 3 is 2.81 bits per heavy atom. The molecule has 0 spiro atoms. The van der Waals surface area contributed by atoms with Gasteiger partial charge in [0, 0.05) is 17.1 Å². The van der Waals surface area contributed by atoms with Crippen LogP contribution in [0.15, 0.2) is 18.3 Å². The van der Waals surface area contributed by atoms with Crippen LogP contribution in [0.4, 0.5) is 4.39 Å². The number of aromatic nitrogens is 1. The molecule has 16 heavy (non-hydrogen) atoms. The van der Waals surface area contributed by atoms with Gasteiger partial charge in [-0.2, -0.15) is 0 Å². The van der Waals surface area contributed by atoms with E-state index in [2.05, 4.69) is 4.98 Å². The topological polar surface area (TPSA) is 41.8 Å². The predicted octanol–water partition coefficient (Wildman–Crippen LogP) is 3.44. The first-order valence-electron chi connectivity index (χ1n) is 4.79. The fourth-order valence-electron chi connectivity index (χ4n) is 1.67. The van der Waals surface area contributed by atoms with Gasteiger partial charge < -0.3 is 10.7 Å². The molecule has 88 valence electrons. The van der Waals surface area contributed by atoms with Crippen LogP contribution in [0.25, 0.3) is 10.9 Å². The third-order valence-corrected chi connectivity index (χ3v) is 2.93. The van der Waals surface area contributed by atoms with Crippen LogP contribution < -0.4 is 5.73 Å². The first-order chi connectivity index (χ1) is 7.13. The third-order valence-electron chi connectivity index (χ3n) is 2.64. The van der Waals surface area contributed by atoms with Crippen LogP contribution in [0.3, 0.4) is 0 Å². The summed E-state index contributed by atoms with van der Waals surface area (Å²) in [5.41, 5.74) is 7.46. The lowest BCUT2D eigenvalue weighted by atomic mass is 10.0. The zero-order valence-corrected chi connectivity index (χ0v) is 10.3. The van der Waals surface area contributed by atoms with E-state index >= 15 is 0 Å². The van der Waals surface area contributed by atoms with Crippen molar-refractivity contribution in [1.82, 2.24) is 4.98 Å². The Balaban J connectivity index is 0.00000128. The zero-order valence-electron chi connectivity index (χ0n) is 8.76. The molecule has 0 aliphatic rings. The van der Waals surface area contributed by atoms with E-state index in [9.17, 15) is 4.39 Å². The van der Waals surface area contributed by atoms with Gasteiger partial charge in [-0.05, 0) is 30.2 Å². The molecule has 5 heteroatoms. The molecule has 0 fully saturated rings. The molecule has 0 aliphatic heterocycles. The molecule has 0 saturated heterocycles. The minimum atomic E-state index is -0.394. The summed E-state index contributed by atoms with van der Waals surface area (Å²) in [5.74, 6) is -0.187. The second kappa shape index (κ2) is 5.04. The molecule has 2 rings (SSSR count). The first kappa shape index (κ1) is 13.3. The van der Waals surface area contributed by atoms with E-state index < -0.39 is 5.82 Å². The summed E-state index contributed by atoms with van der Waals surface area (Å²) in [6.07, 6.45) is 1.86. The fourth-order valence-corrected chi connectivity index (χ4v) is 1.84. The van der Waals surface area contributed by atoms with E-state index in [0.29, 0.717) is 6.54 Å². The van der Waals surface area contributed by atoms with Crippen molar-refractivity contribution in [3.8, 4) is 0 Å². The molecule has 0 saturated carbocycles. The average molecular weight is 263 g/mol. The molecular weight excluding hydrogens is 250 g/mol. The van der Waals surface area contributed by atoms with Crippen molar-refractivity contribution >= 4 is 34.9 Å². The Labute approximate surface area is 104 Å². The lowest BCUT2D eigenvalue weighted by Crippen LogP contribution is -2.08. The molecule has 0 unspecified atom stereocenters. The Morgan fingerprint density at radius 1 is 1.50 bits per heavy atom. The van der Waals surface area contributed by atoms with E-state index in [4.69, 9.17) is 17.3 Å². The van der Waals surface area contributed by atoms with Crippen molar-refractivity contribution in [2.75, 3.05) is 6.54 Å². The summed E-state index contributed by atoms with van der Waals surface area (Å²) in [6, 6.07) is 3.05. The molecule has 0 aliphatic carbocycles. The highest BCUT2D eigenvalue weighted by Gasteiger charge is 2.12. The van der Waals surface area contributed by atoms with E-state index in [0.717, 1.165) is 16.5 Å². The fraction of sp³-hybridized carbons (Fsp3) is 0.273. The molecule has 1 atom stereocenters. The van der Waals surface area contributed by atoms with E-state index in [1.807, 2.05) is 13.1 Å². The normalized spacial score (nSPS) is 12.5. The molecule has 3 N–H and O–H groups in total. The summed E-state index contributed by atoms with van der Waals surface area (Å²) in [5, 5.41) is 0.992. The van der Waals surface area contributed by atoms with Gasteiger partial charge in [-0.1, -0.05) is 18.5 Å². The standard InChI is InChI=1S/C11H12ClFN2.ClH/c1-6(4-14)8-5-15-11-3-9(12)10(13)2-7(8)11;/h2-3,5-6,15H,4,14H2,1H3;1H/t6-;/m1./s1. The van der Waals surface area contributed by atoms with E-state index in [-0.39, 0.29) is 23.3 Å². The van der Waals surface area contributed by atoms with Crippen molar-refractivity contribution in [3.63, 3.8) is 0 Å². The second-order valence-electron chi connectivity index (χ2n) is 3.69. The minimum Gasteiger partial charge on any atom is -0.361 e. The average Bonchev–Trinajstić information content (AvgIpc) is 2.61. The quantitative estimate of drug-likeness (QED) is 0.856. The summed E-state index contributed by atoms with van der Waals surface area (Å²) < 4.78 is 13.3. The van der Waals surface area contributed by atoms with Crippen LogP contribution in [0.5, 0.6) is 0 Å². The number of hydrogen-bond acceptors (Lipinski definition) is 1. The van der Waals surface area contributed by atoms with Gasteiger partial charge in [-0.15, -0.1) is 12.4 Å². The molecule has 2 aromatic rings. The van der Waals surface area contributed by atoms with Gasteiger partial charge >= 0.3 is 0 Å². The van der Waals surface area contributed by atoms with Gasteiger partial charge in [0.2, 0.25) is 0 Å². The molecule has 2 nitrogen and oxygen atoms in total. The van der Waals surface area contributed by atoms with Crippen LogP contribution in [-0.4, -0.2) is 11.5 Å². The number of aromatic amines is 1. The van der Waals surface area contributed by atoms with Crippen molar-refractivity contribution in [3.05, 3.63) is 34.7 Å². The Kier molecular flexibility index (Phi) is 4.19. The monoisotopic (exact) mass is 262 g/mol. The number of benzene rings is 1. The van der Waals surface area contributed by atoms with Crippen molar-refractivity contribution in [2.45, 2.75) is 12.8 Å². The number of hydrogen-bond donors (Lipinski definition) is 2. The number of nitrogens with one attached hydrogen (secondary N) is 1. The number of H-pyrrole nitrogens is 1. The highest BCUT2D eigenvalue weighted by atomic mass is 35.5. The number of rotatable bonds is 2. The molecule has 0 amide bonds. The molecular formula is C11H13Cl2FN2. The van der Waals surface area contributed by atoms with Gasteiger partial charge in [0.25, 0.3) is 0 Å². The maximum Gasteiger partial charge on any atom is 0.142 e. The number of nitrogens with two attached hydrogens (primary N) is 1. The summed E-state index contributed by atoms with van der Waals surface area (Å²) in [6.45, 7) is 2.55. The molecule has 1 heterocycles. The number of halogens is 3. The van der Waals surface area contributed by atoms with Crippen LogP contribution in [0, 0.1) is 5.82 Å². The van der Waals surface area contributed by atoms with Crippen LogP contribution in [0.1, 0.15) is 18.4 Å². The van der Waals surface area contributed by atoms with E-state index in [1.54, 1.807) is 6.07 Å². The van der Waals surface area contributed by atoms with Crippen LogP contribution in [0.2, 0.25) is 5.02 Å². The van der Waals surface area contributed by atoms with E-state index in [1.165, 1.54) is 6.07 Å². The highest BCUT2D eigenvalue weighted by molar-refractivity contribution is 6.31. The maximum absolute atomic E-state index is 13.3.